The Morgan fingerprint density at radius 1 is 0.378 bits per heavy atom. The van der Waals surface area contributed by atoms with Gasteiger partial charge in [-0.25, -0.2) is 0 Å². The van der Waals surface area contributed by atoms with Crippen molar-refractivity contribution in [1.82, 2.24) is 0 Å². The van der Waals surface area contributed by atoms with E-state index in [1.807, 2.05) is 103 Å². The monoisotopic (exact) mass is 578 g/mol. The summed E-state index contributed by atoms with van der Waals surface area (Å²) in [5.41, 5.74) is 3.09. The van der Waals surface area contributed by atoms with Crippen LogP contribution in [0.15, 0.2) is 162 Å². The first kappa shape index (κ1) is 18.0. The Morgan fingerprint density at radius 3 is 1.60 bits per heavy atom. The zero-order chi connectivity index (χ0) is 36.4. The Kier molecular flexibility index (Phi) is 3.72. The Labute approximate surface area is 270 Å². The quantitative estimate of drug-likeness (QED) is 0.147. The average Bonchev–Trinajstić information content (AvgIpc) is 3.57. The van der Waals surface area contributed by atoms with Gasteiger partial charge in [0.2, 0.25) is 0 Å². The molecule has 9 aromatic carbocycles. The minimum atomic E-state index is -0.429. The van der Waals surface area contributed by atoms with Gasteiger partial charge in [0.25, 0.3) is 0 Å². The molecule has 0 unspecified atom stereocenters. The predicted octanol–water partition coefficient (Wildman–Crippen LogP) is 12.7. The molecule has 0 fully saturated rings. The molecule has 0 bridgehead atoms. The third-order valence-corrected chi connectivity index (χ3v) is 9.06. The largest absolute Gasteiger partial charge is 0.455 e. The van der Waals surface area contributed by atoms with Crippen molar-refractivity contribution < 1.29 is 15.4 Å². The van der Waals surface area contributed by atoms with E-state index in [0.29, 0.717) is 33.4 Å². The van der Waals surface area contributed by atoms with Gasteiger partial charge in [-0.15, -0.1) is 0 Å². The van der Waals surface area contributed by atoms with Gasteiger partial charge in [0.15, 0.2) is 0 Å². The van der Waals surface area contributed by atoms with Crippen molar-refractivity contribution >= 4 is 75.8 Å². The molecule has 1 heteroatoms. The smallest absolute Gasteiger partial charge is 0.143 e. The highest BCUT2D eigenvalue weighted by molar-refractivity contribution is 6.23. The fourth-order valence-electron chi connectivity index (χ4n) is 7.03. The fourth-order valence-corrected chi connectivity index (χ4v) is 7.03. The summed E-state index contributed by atoms with van der Waals surface area (Å²) in [6.07, 6.45) is 0. The molecular formula is C44H26O. The van der Waals surface area contributed by atoms with Crippen LogP contribution >= 0.6 is 0 Å². The van der Waals surface area contributed by atoms with Crippen LogP contribution in [0.2, 0.25) is 0 Å². The summed E-state index contributed by atoms with van der Waals surface area (Å²) in [6.45, 7) is 0. The number of benzene rings is 9. The lowest BCUT2D eigenvalue weighted by atomic mass is 9.85. The molecular weight excluding hydrogens is 544 g/mol. The molecule has 0 N–H and O–H groups in total. The maximum atomic E-state index is 9.34. The Hall–Kier alpha value is -5.92. The summed E-state index contributed by atoms with van der Waals surface area (Å²) in [4.78, 5) is 0. The lowest BCUT2D eigenvalue weighted by molar-refractivity contribution is 0.672. The molecule has 10 aromatic rings. The first-order valence-electron chi connectivity index (χ1n) is 18.9. The summed E-state index contributed by atoms with van der Waals surface area (Å²) in [7, 11) is 0. The van der Waals surface area contributed by atoms with E-state index in [0.717, 1.165) is 43.1 Å². The molecule has 0 aliphatic rings. The molecule has 208 valence electrons. The topological polar surface area (TPSA) is 13.1 Å². The zero-order valence-corrected chi connectivity index (χ0v) is 23.8. The number of hydrogen-bond acceptors (Lipinski definition) is 1. The van der Waals surface area contributed by atoms with Gasteiger partial charge < -0.3 is 4.42 Å². The molecule has 45 heavy (non-hydrogen) atoms. The minimum absolute atomic E-state index is 0.180. The van der Waals surface area contributed by atoms with Crippen molar-refractivity contribution in [3.8, 4) is 22.3 Å². The van der Waals surface area contributed by atoms with Crippen LogP contribution in [0.3, 0.4) is 0 Å². The number of fused-ring (bicyclic) bond motifs is 10. The van der Waals surface area contributed by atoms with E-state index in [1.165, 1.54) is 0 Å². The lowest BCUT2D eigenvalue weighted by Gasteiger charge is -2.18. The van der Waals surface area contributed by atoms with Crippen molar-refractivity contribution in [3.63, 3.8) is 0 Å². The van der Waals surface area contributed by atoms with E-state index in [1.54, 1.807) is 6.07 Å². The molecule has 1 heterocycles. The molecule has 1 nitrogen and oxygen atoms in total. The summed E-state index contributed by atoms with van der Waals surface area (Å²) < 4.78 is 78.9. The van der Waals surface area contributed by atoms with Crippen LogP contribution in [0.4, 0.5) is 0 Å². The zero-order valence-electron chi connectivity index (χ0n) is 31.8. The van der Waals surface area contributed by atoms with Gasteiger partial charge in [0.1, 0.15) is 11.2 Å². The van der Waals surface area contributed by atoms with E-state index in [2.05, 4.69) is 0 Å². The Bertz CT molecular complexity index is 3190. The summed E-state index contributed by atoms with van der Waals surface area (Å²) in [6, 6.07) is 32.5. The van der Waals surface area contributed by atoms with E-state index in [-0.39, 0.29) is 45.7 Å². The van der Waals surface area contributed by atoms with Crippen LogP contribution in [-0.4, -0.2) is 0 Å². The van der Waals surface area contributed by atoms with E-state index >= 15 is 0 Å². The van der Waals surface area contributed by atoms with Gasteiger partial charge in [0.05, 0.1) is 11.0 Å². The molecule has 0 atom stereocenters. The molecule has 0 aliphatic carbocycles. The molecule has 0 saturated carbocycles. The Balaban J connectivity index is 1.40. The molecule has 0 saturated heterocycles. The highest BCUT2D eigenvalue weighted by Crippen LogP contribution is 2.45. The standard InChI is InChI=1S/C44H26O/c1-3-11-32-27(9-1)17-18-29-25-30(20-22-33(29)32)42-35-13-5-7-15-37(35)43(38-16-8-6-14-36(38)42)31-21-24-41-40(26-31)39-23-19-28-10-2-4-12-34(28)44(39)45-41/h1-26H/i5D,6D,7D,8D,13D,14D,15D,16D. The van der Waals surface area contributed by atoms with Crippen LogP contribution < -0.4 is 0 Å². The van der Waals surface area contributed by atoms with Crippen LogP contribution in [0.25, 0.3) is 98.1 Å². The molecule has 0 aliphatic heterocycles. The second-order valence-electron chi connectivity index (χ2n) is 11.4. The van der Waals surface area contributed by atoms with E-state index in [9.17, 15) is 5.48 Å². The normalized spacial score (nSPS) is 14.5. The van der Waals surface area contributed by atoms with Crippen LogP contribution in [-0.2, 0) is 0 Å². The average molecular weight is 579 g/mol. The van der Waals surface area contributed by atoms with E-state index < -0.39 is 24.2 Å². The highest BCUT2D eigenvalue weighted by Gasteiger charge is 2.18. The maximum absolute atomic E-state index is 9.34. The van der Waals surface area contributed by atoms with Crippen molar-refractivity contribution in [2.24, 2.45) is 0 Å². The molecule has 0 spiro atoms. The van der Waals surface area contributed by atoms with E-state index in [4.69, 9.17) is 9.90 Å². The number of rotatable bonds is 2. The first-order chi connectivity index (χ1) is 25.6. The van der Waals surface area contributed by atoms with Gasteiger partial charge in [-0.05, 0) is 95.0 Å². The molecule has 1 aromatic heterocycles. The lowest BCUT2D eigenvalue weighted by Crippen LogP contribution is -1.91. The first-order valence-corrected chi connectivity index (χ1v) is 14.9. The molecule has 0 radical (unpaired) electrons. The van der Waals surface area contributed by atoms with Crippen molar-refractivity contribution in [2.45, 2.75) is 0 Å². The fraction of sp³-hybridized carbons (Fsp3) is 0. The highest BCUT2D eigenvalue weighted by atomic mass is 16.3. The minimum Gasteiger partial charge on any atom is -0.455 e. The van der Waals surface area contributed by atoms with Gasteiger partial charge >= 0.3 is 0 Å². The summed E-state index contributed by atoms with van der Waals surface area (Å²) >= 11 is 0. The van der Waals surface area contributed by atoms with Gasteiger partial charge in [0, 0.05) is 16.2 Å². The number of furan rings is 1. The third kappa shape index (κ3) is 3.56. The van der Waals surface area contributed by atoms with Crippen molar-refractivity contribution in [2.75, 3.05) is 0 Å². The predicted molar refractivity (Wildman–Crippen MR) is 192 cm³/mol. The SMILES string of the molecule is [2H]c1c([2H])c([2H])c2c(-c3ccc4oc5c6ccccc6ccc5c4c3)c3c([2H])c([2H])c([2H])c([2H])c3c(-c3ccc4c(ccc5ccccc54)c3)c2c1[2H]. The van der Waals surface area contributed by atoms with Crippen LogP contribution in [0, 0.1) is 0 Å². The van der Waals surface area contributed by atoms with Crippen molar-refractivity contribution in [1.29, 1.82) is 0 Å². The van der Waals surface area contributed by atoms with Crippen LogP contribution in [0.5, 0.6) is 0 Å². The third-order valence-electron chi connectivity index (χ3n) is 9.06. The molecule has 0 amide bonds. The molecule has 10 rings (SSSR count). The van der Waals surface area contributed by atoms with Gasteiger partial charge in [-0.3, -0.25) is 0 Å². The maximum Gasteiger partial charge on any atom is 0.143 e. The second kappa shape index (κ2) is 9.29. The Morgan fingerprint density at radius 2 is 0.889 bits per heavy atom. The summed E-state index contributed by atoms with van der Waals surface area (Å²) in [5.74, 6) is 0. The second-order valence-corrected chi connectivity index (χ2v) is 11.4. The van der Waals surface area contributed by atoms with Crippen molar-refractivity contribution in [3.05, 3.63) is 158 Å². The van der Waals surface area contributed by atoms with Gasteiger partial charge in [-0.2, -0.15) is 0 Å². The summed E-state index contributed by atoms with van der Waals surface area (Å²) in [5, 5.41) is 8.36. The van der Waals surface area contributed by atoms with Gasteiger partial charge in [-0.1, -0.05) is 133 Å². The van der Waals surface area contributed by atoms with Crippen LogP contribution in [0.1, 0.15) is 11.0 Å². The number of hydrogen-bond donors (Lipinski definition) is 0.